The van der Waals surface area contributed by atoms with Gasteiger partial charge >= 0.3 is 10.1 Å². The first-order valence-corrected chi connectivity index (χ1v) is 4.75. The molecule has 66 valence electrons. The van der Waals surface area contributed by atoms with Crippen LogP contribution in [0.25, 0.3) is 0 Å². The molecule has 0 amide bonds. The highest BCUT2D eigenvalue weighted by atomic mass is 32.2. The summed E-state index contributed by atoms with van der Waals surface area (Å²) in [4.78, 5) is 0. The first-order valence-electron chi connectivity index (χ1n) is 3.25. The molecule has 0 heterocycles. The Labute approximate surface area is 66.6 Å². The van der Waals surface area contributed by atoms with E-state index in [0.717, 1.165) is 0 Å². The van der Waals surface area contributed by atoms with Gasteiger partial charge in [-0.3, -0.25) is 4.55 Å². The Morgan fingerprint density at radius 1 is 1.64 bits per heavy atom. The molecule has 11 heavy (non-hydrogen) atoms. The fourth-order valence-electron chi connectivity index (χ4n) is 0.543. The molecule has 0 saturated carbocycles. The molecule has 0 saturated heterocycles. The fourth-order valence-corrected chi connectivity index (χ4v) is 1.17. The van der Waals surface area contributed by atoms with Crippen molar-refractivity contribution in [2.75, 3.05) is 0 Å². The monoisotopic (exact) mass is 180 g/mol. The highest BCUT2D eigenvalue weighted by Gasteiger charge is 2.20. The van der Waals surface area contributed by atoms with Crippen LogP contribution in [0.3, 0.4) is 0 Å². The van der Waals surface area contributed by atoms with E-state index < -0.39 is 15.6 Å². The molecule has 0 rings (SSSR count). The van der Waals surface area contributed by atoms with Gasteiger partial charge in [-0.2, -0.15) is 8.42 Å². The Kier molecular flexibility index (Phi) is 4.14. The summed E-state index contributed by atoms with van der Waals surface area (Å²) in [5.41, 5.74) is -1.14. The number of hydrogen-bond acceptors (Lipinski definition) is 3. The molecule has 1 unspecified atom stereocenters. The van der Waals surface area contributed by atoms with Crippen molar-refractivity contribution in [1.29, 1.82) is 0 Å². The third-order valence-corrected chi connectivity index (χ3v) is 2.14. The van der Waals surface area contributed by atoms with Crippen molar-refractivity contribution in [2.45, 2.75) is 25.7 Å². The average Bonchev–Trinajstić information content (AvgIpc) is 1.87. The maximum Gasteiger partial charge on any atom is 0.303 e. The van der Waals surface area contributed by atoms with E-state index in [2.05, 4.69) is 4.74 Å². The van der Waals surface area contributed by atoms with E-state index in [4.69, 9.17) is 4.55 Å². The largest absolute Gasteiger partial charge is 0.480 e. The smallest absolute Gasteiger partial charge is 0.303 e. The molecular weight excluding hydrogens is 168 g/mol. The van der Waals surface area contributed by atoms with E-state index in [1.165, 1.54) is 6.26 Å². The minimum absolute atomic E-state index is 0.225. The van der Waals surface area contributed by atoms with Gasteiger partial charge in [0.05, 0.1) is 6.26 Å². The highest BCUT2D eigenvalue weighted by molar-refractivity contribution is 7.86. The predicted molar refractivity (Wildman–Crippen MR) is 41.5 cm³/mol. The van der Waals surface area contributed by atoms with Crippen LogP contribution in [-0.4, -0.2) is 18.4 Å². The quantitative estimate of drug-likeness (QED) is 0.521. The SMILES string of the molecule is CC=COC(CC)S(=O)(=O)O. The van der Waals surface area contributed by atoms with Gasteiger partial charge < -0.3 is 4.74 Å². The van der Waals surface area contributed by atoms with E-state index in [1.807, 2.05) is 0 Å². The van der Waals surface area contributed by atoms with Crippen molar-refractivity contribution in [3.05, 3.63) is 12.3 Å². The van der Waals surface area contributed by atoms with E-state index in [0.29, 0.717) is 0 Å². The molecule has 0 radical (unpaired) electrons. The van der Waals surface area contributed by atoms with Crippen LogP contribution in [0.4, 0.5) is 0 Å². The lowest BCUT2D eigenvalue weighted by molar-refractivity contribution is 0.195. The Balaban J connectivity index is 4.19. The van der Waals surface area contributed by atoms with Crippen LogP contribution in [-0.2, 0) is 14.9 Å². The van der Waals surface area contributed by atoms with Crippen molar-refractivity contribution >= 4 is 10.1 Å². The molecule has 0 aromatic heterocycles. The summed E-state index contributed by atoms with van der Waals surface area (Å²) in [5.74, 6) is 0. The summed E-state index contributed by atoms with van der Waals surface area (Å²) in [5, 5.41) is 0. The van der Waals surface area contributed by atoms with Gasteiger partial charge in [0.15, 0.2) is 0 Å². The molecule has 1 N–H and O–H groups in total. The van der Waals surface area contributed by atoms with Crippen LogP contribution in [0.1, 0.15) is 20.3 Å². The minimum atomic E-state index is -4.06. The van der Waals surface area contributed by atoms with E-state index in [-0.39, 0.29) is 6.42 Å². The Hall–Kier alpha value is -0.550. The maximum atomic E-state index is 10.5. The van der Waals surface area contributed by atoms with Crippen LogP contribution in [0.2, 0.25) is 0 Å². The molecule has 0 aliphatic carbocycles. The topological polar surface area (TPSA) is 63.6 Å². The standard InChI is InChI=1S/C6H12O4S/c1-3-5-10-6(4-2)11(7,8)9/h3,5-6H,4H2,1-2H3,(H,7,8,9). The van der Waals surface area contributed by atoms with E-state index >= 15 is 0 Å². The number of rotatable bonds is 4. The van der Waals surface area contributed by atoms with Crippen LogP contribution < -0.4 is 0 Å². The summed E-state index contributed by atoms with van der Waals surface area (Å²) < 4.78 is 34.1. The lowest BCUT2D eigenvalue weighted by Gasteiger charge is -2.09. The van der Waals surface area contributed by atoms with Crippen molar-refractivity contribution in [3.63, 3.8) is 0 Å². The molecule has 1 atom stereocenters. The summed E-state index contributed by atoms with van der Waals surface area (Å²) in [7, 11) is -4.06. The van der Waals surface area contributed by atoms with E-state index in [9.17, 15) is 8.42 Å². The van der Waals surface area contributed by atoms with Gasteiger partial charge in [0.25, 0.3) is 0 Å². The van der Waals surface area contributed by atoms with Crippen molar-refractivity contribution < 1.29 is 17.7 Å². The second-order valence-electron chi connectivity index (χ2n) is 1.96. The fraction of sp³-hybridized carbons (Fsp3) is 0.667. The zero-order valence-corrected chi connectivity index (χ0v) is 7.34. The second-order valence-corrected chi connectivity index (χ2v) is 3.51. The third kappa shape index (κ3) is 4.00. The minimum Gasteiger partial charge on any atom is -0.480 e. The Morgan fingerprint density at radius 3 is 2.45 bits per heavy atom. The van der Waals surface area contributed by atoms with Gasteiger partial charge in [-0.1, -0.05) is 13.0 Å². The summed E-state index contributed by atoms with van der Waals surface area (Å²) in [6, 6.07) is 0. The van der Waals surface area contributed by atoms with Crippen molar-refractivity contribution in [1.82, 2.24) is 0 Å². The molecule has 0 aromatic rings. The normalized spacial score (nSPS) is 15.2. The van der Waals surface area contributed by atoms with Crippen LogP contribution in [0.5, 0.6) is 0 Å². The summed E-state index contributed by atoms with van der Waals surface area (Å²) in [6.45, 7) is 3.30. The maximum absolute atomic E-state index is 10.5. The number of allylic oxidation sites excluding steroid dienone is 1. The molecule has 0 fully saturated rings. The first-order chi connectivity index (χ1) is 5.02. The summed E-state index contributed by atoms with van der Waals surface area (Å²) in [6.07, 6.45) is 3.01. The van der Waals surface area contributed by atoms with Gasteiger partial charge in [0, 0.05) is 0 Å². The van der Waals surface area contributed by atoms with Gasteiger partial charge in [0.2, 0.25) is 5.44 Å². The molecule has 0 aliphatic heterocycles. The van der Waals surface area contributed by atoms with E-state index in [1.54, 1.807) is 19.9 Å². The molecule has 0 aromatic carbocycles. The third-order valence-electron chi connectivity index (χ3n) is 1.03. The molecule has 0 spiro atoms. The first kappa shape index (κ1) is 10.4. The van der Waals surface area contributed by atoms with Crippen LogP contribution in [0.15, 0.2) is 12.3 Å². The Morgan fingerprint density at radius 2 is 2.18 bits per heavy atom. The molecule has 5 heteroatoms. The van der Waals surface area contributed by atoms with Crippen LogP contribution in [0, 0.1) is 0 Å². The predicted octanol–water partition coefficient (Wildman–Crippen LogP) is 1.16. The van der Waals surface area contributed by atoms with Crippen molar-refractivity contribution in [3.8, 4) is 0 Å². The molecule has 4 nitrogen and oxygen atoms in total. The molecule has 0 bridgehead atoms. The van der Waals surface area contributed by atoms with Crippen molar-refractivity contribution in [2.24, 2.45) is 0 Å². The highest BCUT2D eigenvalue weighted by Crippen LogP contribution is 2.05. The van der Waals surface area contributed by atoms with Gasteiger partial charge in [0.1, 0.15) is 0 Å². The zero-order chi connectivity index (χ0) is 8.91. The zero-order valence-electron chi connectivity index (χ0n) is 6.52. The summed E-state index contributed by atoms with van der Waals surface area (Å²) >= 11 is 0. The van der Waals surface area contributed by atoms with Gasteiger partial charge in [-0.05, 0) is 13.3 Å². The second kappa shape index (κ2) is 4.35. The average molecular weight is 180 g/mol. The molecule has 0 aliphatic rings. The lowest BCUT2D eigenvalue weighted by atomic mass is 10.5. The van der Waals surface area contributed by atoms with Gasteiger partial charge in [-0.25, -0.2) is 0 Å². The molecular formula is C6H12O4S. The Bertz CT molecular complexity index is 217. The number of hydrogen-bond donors (Lipinski definition) is 1. The lowest BCUT2D eigenvalue weighted by Crippen LogP contribution is -2.20. The van der Waals surface area contributed by atoms with Gasteiger partial charge in [-0.15, -0.1) is 0 Å². The number of ether oxygens (including phenoxy) is 1. The van der Waals surface area contributed by atoms with Crippen LogP contribution >= 0.6 is 0 Å².